The Hall–Kier alpha value is -2.56. The van der Waals surface area contributed by atoms with Crippen LogP contribution in [0.5, 0.6) is 5.75 Å². The first-order valence-corrected chi connectivity index (χ1v) is 6.37. The van der Waals surface area contributed by atoms with E-state index in [-0.39, 0.29) is 17.9 Å². The minimum Gasteiger partial charge on any atom is -0.494 e. The van der Waals surface area contributed by atoms with Gasteiger partial charge in [0.1, 0.15) is 5.75 Å². The third-order valence-electron chi connectivity index (χ3n) is 2.67. The highest BCUT2D eigenvalue weighted by Gasteiger charge is 2.04. The topological polar surface area (TPSA) is 71.2 Å². The molecule has 0 atom stereocenters. The summed E-state index contributed by atoms with van der Waals surface area (Å²) in [5.74, 6) is 0.651. The summed E-state index contributed by atoms with van der Waals surface area (Å²) in [5.41, 5.74) is 1.27. The van der Waals surface area contributed by atoms with Gasteiger partial charge in [-0.05, 0) is 30.7 Å². The number of anilines is 1. The van der Waals surface area contributed by atoms with Crippen LogP contribution in [0.4, 0.5) is 5.69 Å². The van der Waals surface area contributed by atoms with Crippen LogP contribution >= 0.6 is 0 Å². The average Bonchev–Trinajstić information content (AvgIpc) is 2.44. The maximum absolute atomic E-state index is 11.8. The van der Waals surface area contributed by atoms with Crippen LogP contribution in [-0.2, 0) is 11.2 Å². The fourth-order valence-electron chi connectivity index (χ4n) is 1.75. The second kappa shape index (κ2) is 6.56. The summed E-state index contributed by atoms with van der Waals surface area (Å²) < 4.78 is 5.34. The Bertz CT molecular complexity index is 612. The van der Waals surface area contributed by atoms with Crippen molar-refractivity contribution in [2.45, 2.75) is 13.3 Å². The molecule has 0 saturated heterocycles. The van der Waals surface area contributed by atoms with Crippen molar-refractivity contribution >= 4 is 11.6 Å². The molecular weight excluding hydrogens is 256 g/mol. The number of aromatic amines is 1. The lowest BCUT2D eigenvalue weighted by Crippen LogP contribution is -2.15. The van der Waals surface area contributed by atoms with Crippen LogP contribution in [0.15, 0.2) is 47.4 Å². The number of hydrogen-bond acceptors (Lipinski definition) is 3. The van der Waals surface area contributed by atoms with E-state index in [2.05, 4.69) is 10.3 Å². The Labute approximate surface area is 116 Å². The molecular formula is C15H16N2O3. The highest BCUT2D eigenvalue weighted by Crippen LogP contribution is 2.13. The Morgan fingerprint density at radius 2 is 1.95 bits per heavy atom. The Kier molecular flexibility index (Phi) is 4.55. The summed E-state index contributed by atoms with van der Waals surface area (Å²) in [4.78, 5) is 25.3. The normalized spacial score (nSPS) is 10.1. The van der Waals surface area contributed by atoms with Crippen LogP contribution in [0.3, 0.4) is 0 Å². The van der Waals surface area contributed by atoms with E-state index in [9.17, 15) is 9.59 Å². The van der Waals surface area contributed by atoms with Crippen LogP contribution < -0.4 is 15.6 Å². The molecule has 20 heavy (non-hydrogen) atoms. The Balaban J connectivity index is 1.93. The van der Waals surface area contributed by atoms with E-state index < -0.39 is 0 Å². The molecule has 1 heterocycles. The first-order chi connectivity index (χ1) is 9.67. The molecule has 1 amide bonds. The first kappa shape index (κ1) is 13.9. The maximum atomic E-state index is 11.8. The van der Waals surface area contributed by atoms with Crippen molar-refractivity contribution in [2.75, 3.05) is 11.9 Å². The quantitative estimate of drug-likeness (QED) is 0.874. The largest absolute Gasteiger partial charge is 0.494 e. The van der Waals surface area contributed by atoms with Gasteiger partial charge in [-0.15, -0.1) is 0 Å². The average molecular weight is 272 g/mol. The van der Waals surface area contributed by atoms with E-state index in [0.717, 1.165) is 11.3 Å². The molecule has 1 aromatic carbocycles. The fraction of sp³-hybridized carbons (Fsp3) is 0.200. The summed E-state index contributed by atoms with van der Waals surface area (Å²) in [5, 5.41) is 2.72. The van der Waals surface area contributed by atoms with Crippen molar-refractivity contribution in [2.24, 2.45) is 0 Å². The SMILES string of the molecule is CCOc1ccc(CC(=O)Nc2ccc(=O)[nH]c2)cc1. The van der Waals surface area contributed by atoms with Gasteiger partial charge in [0.15, 0.2) is 0 Å². The van der Waals surface area contributed by atoms with Crippen LogP contribution in [-0.4, -0.2) is 17.5 Å². The van der Waals surface area contributed by atoms with Crippen molar-refractivity contribution in [3.8, 4) is 5.75 Å². The summed E-state index contributed by atoms with van der Waals surface area (Å²) >= 11 is 0. The van der Waals surface area contributed by atoms with E-state index in [0.29, 0.717) is 12.3 Å². The van der Waals surface area contributed by atoms with Gasteiger partial charge in [-0.1, -0.05) is 12.1 Å². The third kappa shape index (κ3) is 3.98. The number of aromatic nitrogens is 1. The number of rotatable bonds is 5. The molecule has 0 saturated carbocycles. The highest BCUT2D eigenvalue weighted by molar-refractivity contribution is 5.92. The van der Waals surface area contributed by atoms with E-state index in [1.165, 1.54) is 12.3 Å². The monoisotopic (exact) mass is 272 g/mol. The zero-order chi connectivity index (χ0) is 14.4. The molecule has 0 aliphatic rings. The minimum atomic E-state index is -0.200. The summed E-state index contributed by atoms with van der Waals surface area (Å²) in [7, 11) is 0. The van der Waals surface area contributed by atoms with Gasteiger partial charge >= 0.3 is 0 Å². The Morgan fingerprint density at radius 1 is 1.20 bits per heavy atom. The van der Waals surface area contributed by atoms with Crippen molar-refractivity contribution < 1.29 is 9.53 Å². The molecule has 0 radical (unpaired) electrons. The van der Waals surface area contributed by atoms with Gasteiger partial charge in [0.25, 0.3) is 0 Å². The van der Waals surface area contributed by atoms with Crippen LogP contribution in [0.1, 0.15) is 12.5 Å². The molecule has 104 valence electrons. The van der Waals surface area contributed by atoms with Gasteiger partial charge in [-0.25, -0.2) is 0 Å². The summed E-state index contributed by atoms with van der Waals surface area (Å²) in [6.45, 7) is 2.54. The van der Waals surface area contributed by atoms with Crippen molar-refractivity contribution in [3.05, 3.63) is 58.5 Å². The molecule has 5 nitrogen and oxygen atoms in total. The third-order valence-corrected chi connectivity index (χ3v) is 2.67. The second-order valence-electron chi connectivity index (χ2n) is 4.24. The molecule has 2 N–H and O–H groups in total. The summed E-state index contributed by atoms with van der Waals surface area (Å²) in [6, 6.07) is 10.3. The predicted molar refractivity (Wildman–Crippen MR) is 77.0 cm³/mol. The second-order valence-corrected chi connectivity index (χ2v) is 4.24. The highest BCUT2D eigenvalue weighted by atomic mass is 16.5. The molecule has 0 bridgehead atoms. The molecule has 5 heteroatoms. The molecule has 0 fully saturated rings. The maximum Gasteiger partial charge on any atom is 0.248 e. The number of ether oxygens (including phenoxy) is 1. The van der Waals surface area contributed by atoms with E-state index in [1.54, 1.807) is 6.07 Å². The summed E-state index contributed by atoms with van der Waals surface area (Å²) in [6.07, 6.45) is 1.74. The number of H-pyrrole nitrogens is 1. The fourth-order valence-corrected chi connectivity index (χ4v) is 1.75. The van der Waals surface area contributed by atoms with E-state index >= 15 is 0 Å². The minimum absolute atomic E-state index is 0.138. The lowest BCUT2D eigenvalue weighted by Gasteiger charge is -2.06. The van der Waals surface area contributed by atoms with Gasteiger partial charge in [-0.2, -0.15) is 0 Å². The first-order valence-electron chi connectivity index (χ1n) is 6.37. The van der Waals surface area contributed by atoms with Crippen LogP contribution in [0, 0.1) is 0 Å². The molecule has 0 aliphatic carbocycles. The molecule has 2 rings (SSSR count). The van der Waals surface area contributed by atoms with Gasteiger partial charge in [0.05, 0.1) is 18.7 Å². The number of carbonyl (C=O) groups excluding carboxylic acids is 1. The van der Waals surface area contributed by atoms with Gasteiger partial charge in [0, 0.05) is 12.3 Å². The number of amides is 1. The smallest absolute Gasteiger partial charge is 0.248 e. The number of pyridine rings is 1. The zero-order valence-electron chi connectivity index (χ0n) is 11.2. The van der Waals surface area contributed by atoms with Crippen molar-refractivity contribution in [3.63, 3.8) is 0 Å². The van der Waals surface area contributed by atoms with Crippen molar-refractivity contribution in [1.29, 1.82) is 0 Å². The van der Waals surface area contributed by atoms with Gasteiger partial charge < -0.3 is 15.0 Å². The number of hydrogen-bond donors (Lipinski definition) is 2. The Morgan fingerprint density at radius 3 is 2.55 bits per heavy atom. The molecule has 2 aromatic rings. The number of carbonyl (C=O) groups is 1. The predicted octanol–water partition coefficient (Wildman–Crippen LogP) is 1.95. The van der Waals surface area contributed by atoms with E-state index in [1.807, 2.05) is 31.2 Å². The molecule has 1 aromatic heterocycles. The van der Waals surface area contributed by atoms with Crippen LogP contribution in [0.25, 0.3) is 0 Å². The standard InChI is InChI=1S/C15H16N2O3/c1-2-20-13-6-3-11(4-7-13)9-15(19)17-12-5-8-14(18)16-10-12/h3-8,10H,2,9H2,1H3,(H,16,18)(H,17,19). The lowest BCUT2D eigenvalue weighted by atomic mass is 10.1. The lowest BCUT2D eigenvalue weighted by molar-refractivity contribution is -0.115. The van der Waals surface area contributed by atoms with Gasteiger partial charge in [0.2, 0.25) is 11.5 Å². The van der Waals surface area contributed by atoms with Crippen LogP contribution in [0.2, 0.25) is 0 Å². The number of nitrogens with one attached hydrogen (secondary N) is 2. The molecule has 0 unspecified atom stereocenters. The molecule has 0 spiro atoms. The van der Waals surface area contributed by atoms with Crippen molar-refractivity contribution in [1.82, 2.24) is 4.98 Å². The van der Waals surface area contributed by atoms with E-state index in [4.69, 9.17) is 4.74 Å². The molecule has 0 aliphatic heterocycles. The number of benzene rings is 1. The van der Waals surface area contributed by atoms with Gasteiger partial charge in [-0.3, -0.25) is 9.59 Å². The zero-order valence-corrected chi connectivity index (χ0v) is 11.2.